The van der Waals surface area contributed by atoms with Crippen molar-refractivity contribution in [2.75, 3.05) is 0 Å². The van der Waals surface area contributed by atoms with Crippen LogP contribution in [0.1, 0.15) is 5.56 Å². The second-order valence-electron chi connectivity index (χ2n) is 4.23. The molecular formula is C13H10N2O5. The molecule has 7 nitrogen and oxygen atoms in total. The average Bonchev–Trinajstić information content (AvgIpc) is 2.41. The molecule has 0 atom stereocenters. The van der Waals surface area contributed by atoms with Crippen LogP contribution < -0.4 is 5.43 Å². The number of aromatic nitrogens is 1. The van der Waals surface area contributed by atoms with Crippen molar-refractivity contribution < 1.29 is 14.8 Å². The number of carbonyl (C=O) groups is 1. The van der Waals surface area contributed by atoms with Crippen LogP contribution >= 0.6 is 0 Å². The van der Waals surface area contributed by atoms with Crippen molar-refractivity contribution in [2.24, 2.45) is 7.05 Å². The van der Waals surface area contributed by atoms with Gasteiger partial charge in [0.25, 0.3) is 5.69 Å². The summed E-state index contributed by atoms with van der Waals surface area (Å²) < 4.78 is 1.53. The fraction of sp³-hybridized carbons (Fsp3) is 0.0769. The number of nitrogens with zero attached hydrogens (tertiary/aromatic N) is 2. The summed E-state index contributed by atoms with van der Waals surface area (Å²) in [6.45, 7) is 3.34. The number of aliphatic carboxylic acids is 1. The van der Waals surface area contributed by atoms with Gasteiger partial charge in [0.2, 0.25) is 0 Å². The molecule has 1 aromatic carbocycles. The van der Waals surface area contributed by atoms with Gasteiger partial charge in [-0.25, -0.2) is 4.79 Å². The molecule has 2 aromatic rings. The van der Waals surface area contributed by atoms with Crippen LogP contribution in [0.25, 0.3) is 16.5 Å². The number of non-ortho nitro benzene ring substituents is 1. The van der Waals surface area contributed by atoms with Crippen molar-refractivity contribution in [1.29, 1.82) is 0 Å². The molecule has 0 amide bonds. The minimum absolute atomic E-state index is 0.0848. The smallest absolute Gasteiger partial charge is 0.335 e. The summed E-state index contributed by atoms with van der Waals surface area (Å²) in [6, 6.07) is 3.87. The van der Waals surface area contributed by atoms with E-state index in [1.54, 1.807) is 7.05 Å². The van der Waals surface area contributed by atoms with E-state index in [4.69, 9.17) is 5.11 Å². The largest absolute Gasteiger partial charge is 0.478 e. The molecule has 102 valence electrons. The van der Waals surface area contributed by atoms with Gasteiger partial charge in [0, 0.05) is 25.4 Å². The van der Waals surface area contributed by atoms with Crippen LogP contribution in [0.5, 0.6) is 0 Å². The summed E-state index contributed by atoms with van der Waals surface area (Å²) in [6.07, 6.45) is 1.35. The number of carboxylic acid groups (broad SMARTS) is 1. The van der Waals surface area contributed by atoms with E-state index < -0.39 is 16.3 Å². The number of nitro benzene ring substituents is 1. The van der Waals surface area contributed by atoms with Gasteiger partial charge >= 0.3 is 5.97 Å². The molecule has 2 rings (SSSR count). The molecular weight excluding hydrogens is 264 g/mol. The monoisotopic (exact) mass is 274 g/mol. The van der Waals surface area contributed by atoms with Gasteiger partial charge in [-0.2, -0.15) is 0 Å². The minimum atomic E-state index is -1.31. The third-order valence-electron chi connectivity index (χ3n) is 2.97. The van der Waals surface area contributed by atoms with Crippen LogP contribution in [0.15, 0.2) is 35.8 Å². The molecule has 1 N–H and O–H groups in total. The molecule has 0 unspecified atom stereocenters. The van der Waals surface area contributed by atoms with Crippen molar-refractivity contribution in [2.45, 2.75) is 0 Å². The van der Waals surface area contributed by atoms with E-state index >= 15 is 0 Å². The Hall–Kier alpha value is -2.96. The van der Waals surface area contributed by atoms with Crippen LogP contribution in [0.4, 0.5) is 5.69 Å². The summed E-state index contributed by atoms with van der Waals surface area (Å²) in [5.74, 6) is -1.31. The van der Waals surface area contributed by atoms with Crippen molar-refractivity contribution in [1.82, 2.24) is 4.57 Å². The molecule has 0 fully saturated rings. The SMILES string of the molecule is C=C(C(=O)O)c1cn(C)c2ccc([N+](=O)[O-])cc2c1=O. The number of nitro groups is 1. The molecule has 7 heteroatoms. The molecule has 0 aliphatic rings. The van der Waals surface area contributed by atoms with Gasteiger partial charge in [0.15, 0.2) is 5.43 Å². The lowest BCUT2D eigenvalue weighted by molar-refractivity contribution is -0.384. The highest BCUT2D eigenvalue weighted by molar-refractivity contribution is 6.14. The van der Waals surface area contributed by atoms with Gasteiger partial charge in [-0.05, 0) is 6.07 Å². The van der Waals surface area contributed by atoms with Crippen molar-refractivity contribution in [3.05, 3.63) is 56.9 Å². The minimum Gasteiger partial charge on any atom is -0.478 e. The predicted molar refractivity (Wildman–Crippen MR) is 72.5 cm³/mol. The quantitative estimate of drug-likeness (QED) is 0.519. The fourth-order valence-corrected chi connectivity index (χ4v) is 1.92. The Balaban J connectivity index is 2.86. The van der Waals surface area contributed by atoms with Crippen molar-refractivity contribution in [3.8, 4) is 0 Å². The molecule has 1 aromatic heterocycles. The lowest BCUT2D eigenvalue weighted by Gasteiger charge is -2.08. The maximum absolute atomic E-state index is 12.2. The third-order valence-corrected chi connectivity index (χ3v) is 2.97. The van der Waals surface area contributed by atoms with E-state index in [9.17, 15) is 19.7 Å². The number of carboxylic acids is 1. The normalized spacial score (nSPS) is 10.4. The Morgan fingerprint density at radius 2 is 2.10 bits per heavy atom. The number of hydrogen-bond donors (Lipinski definition) is 1. The van der Waals surface area contributed by atoms with Gasteiger partial charge in [-0.3, -0.25) is 14.9 Å². The topological polar surface area (TPSA) is 102 Å². The molecule has 0 aliphatic carbocycles. The molecule has 0 saturated heterocycles. The fourth-order valence-electron chi connectivity index (χ4n) is 1.92. The van der Waals surface area contributed by atoms with Crippen molar-refractivity contribution in [3.63, 3.8) is 0 Å². The van der Waals surface area contributed by atoms with Crippen LogP contribution in [-0.2, 0) is 11.8 Å². The molecule has 0 aliphatic heterocycles. The second kappa shape index (κ2) is 4.61. The first-order chi connectivity index (χ1) is 9.32. The van der Waals surface area contributed by atoms with Crippen molar-refractivity contribution >= 4 is 28.1 Å². The lowest BCUT2D eigenvalue weighted by Crippen LogP contribution is -2.15. The number of benzene rings is 1. The molecule has 0 saturated carbocycles. The Bertz CT molecular complexity index is 819. The zero-order valence-electron chi connectivity index (χ0n) is 10.5. The maximum Gasteiger partial charge on any atom is 0.335 e. The van der Waals surface area contributed by atoms with Gasteiger partial charge in [0.05, 0.1) is 27.0 Å². The average molecular weight is 274 g/mol. The van der Waals surface area contributed by atoms with Gasteiger partial charge in [-0.15, -0.1) is 0 Å². The summed E-state index contributed by atoms with van der Waals surface area (Å²) >= 11 is 0. The highest BCUT2D eigenvalue weighted by atomic mass is 16.6. The standard InChI is InChI=1S/C13H10N2O5/c1-7(13(17)18)10-6-14(2)11-4-3-8(15(19)20)5-9(11)12(10)16/h3-6H,1H2,2H3,(H,17,18). The van der Waals surface area contributed by atoms with Crippen LogP contribution in [0.3, 0.4) is 0 Å². The van der Waals surface area contributed by atoms with Crippen LogP contribution in [0, 0.1) is 10.1 Å². The third kappa shape index (κ3) is 2.05. The number of rotatable bonds is 3. The van der Waals surface area contributed by atoms with E-state index in [1.165, 1.54) is 22.9 Å². The Labute approximate surface area is 112 Å². The highest BCUT2D eigenvalue weighted by Crippen LogP contribution is 2.20. The van der Waals surface area contributed by atoms with Crippen LogP contribution in [0.2, 0.25) is 0 Å². The summed E-state index contributed by atoms with van der Waals surface area (Å²) in [5, 5.41) is 19.7. The first kappa shape index (κ1) is 13.5. The first-order valence-corrected chi connectivity index (χ1v) is 5.53. The summed E-state index contributed by atoms with van der Waals surface area (Å²) in [7, 11) is 1.62. The zero-order chi connectivity index (χ0) is 15.0. The summed E-state index contributed by atoms with van der Waals surface area (Å²) in [5.41, 5.74) is -0.781. The van der Waals surface area contributed by atoms with Gasteiger partial charge < -0.3 is 9.67 Å². The van der Waals surface area contributed by atoms with E-state index in [1.807, 2.05) is 0 Å². The second-order valence-corrected chi connectivity index (χ2v) is 4.23. The number of pyridine rings is 1. The molecule has 0 bridgehead atoms. The number of fused-ring (bicyclic) bond motifs is 1. The van der Waals surface area contributed by atoms with E-state index in [0.29, 0.717) is 5.52 Å². The van der Waals surface area contributed by atoms with E-state index in [0.717, 1.165) is 6.07 Å². The van der Waals surface area contributed by atoms with E-state index in [-0.39, 0.29) is 22.2 Å². The predicted octanol–water partition coefficient (Wildman–Crippen LogP) is 1.54. The molecule has 1 heterocycles. The summed E-state index contributed by atoms with van der Waals surface area (Å²) in [4.78, 5) is 33.3. The van der Waals surface area contributed by atoms with Gasteiger partial charge in [-0.1, -0.05) is 6.58 Å². The number of aryl methyl sites for hydroxylation is 1. The Morgan fingerprint density at radius 1 is 1.45 bits per heavy atom. The van der Waals surface area contributed by atoms with Gasteiger partial charge in [0.1, 0.15) is 0 Å². The molecule has 0 radical (unpaired) electrons. The van der Waals surface area contributed by atoms with E-state index in [2.05, 4.69) is 6.58 Å². The molecule has 0 spiro atoms. The first-order valence-electron chi connectivity index (χ1n) is 5.53. The molecule has 20 heavy (non-hydrogen) atoms. The number of hydrogen-bond acceptors (Lipinski definition) is 4. The highest BCUT2D eigenvalue weighted by Gasteiger charge is 2.17. The lowest BCUT2D eigenvalue weighted by atomic mass is 10.1. The Kier molecular flexibility index (Phi) is 3.11. The van der Waals surface area contributed by atoms with Crippen LogP contribution in [-0.4, -0.2) is 20.6 Å². The maximum atomic E-state index is 12.2. The zero-order valence-corrected chi connectivity index (χ0v) is 10.5. The Morgan fingerprint density at radius 3 is 2.65 bits per heavy atom.